The van der Waals surface area contributed by atoms with E-state index in [1.54, 1.807) is 0 Å². The number of para-hydroxylation sites is 1. The molecule has 0 spiro atoms. The van der Waals surface area contributed by atoms with E-state index in [-0.39, 0.29) is 6.04 Å². The van der Waals surface area contributed by atoms with Crippen molar-refractivity contribution in [1.29, 1.82) is 0 Å². The van der Waals surface area contributed by atoms with Crippen molar-refractivity contribution in [2.24, 2.45) is 0 Å². The molecule has 0 aliphatic carbocycles. The highest BCUT2D eigenvalue weighted by Crippen LogP contribution is 2.32. The van der Waals surface area contributed by atoms with Gasteiger partial charge in [0.25, 0.3) is 0 Å². The number of hydrogen-bond acceptors (Lipinski definition) is 5. The lowest BCUT2D eigenvalue weighted by Crippen LogP contribution is -2.24. The number of aryl methyl sites for hydroxylation is 1. The largest absolute Gasteiger partial charge is 0.406 e. The molecular formula is C14H18N4O. The first-order valence-electron chi connectivity index (χ1n) is 6.65. The van der Waals surface area contributed by atoms with E-state index < -0.39 is 0 Å². The fraction of sp³-hybridized carbons (Fsp3) is 0.429. The van der Waals surface area contributed by atoms with Crippen LogP contribution in [0.3, 0.4) is 0 Å². The van der Waals surface area contributed by atoms with Gasteiger partial charge in [0, 0.05) is 12.2 Å². The average Bonchev–Trinajstić information content (AvgIpc) is 2.95. The predicted molar refractivity (Wildman–Crippen MR) is 73.5 cm³/mol. The number of anilines is 2. The van der Waals surface area contributed by atoms with Gasteiger partial charge in [-0.25, -0.2) is 0 Å². The second-order valence-electron chi connectivity index (χ2n) is 4.82. The Morgan fingerprint density at radius 3 is 3.00 bits per heavy atom. The Labute approximate surface area is 112 Å². The lowest BCUT2D eigenvalue weighted by Gasteiger charge is -2.27. The van der Waals surface area contributed by atoms with Crippen molar-refractivity contribution >= 4 is 11.7 Å². The SMILES string of the molecule is CNC(C)c1nnc(N2CCCc3ccccc32)o1. The molecule has 1 aromatic heterocycles. The maximum atomic E-state index is 5.77. The first kappa shape index (κ1) is 12.2. The van der Waals surface area contributed by atoms with Crippen molar-refractivity contribution in [1.82, 2.24) is 15.5 Å². The van der Waals surface area contributed by atoms with Crippen molar-refractivity contribution in [2.45, 2.75) is 25.8 Å². The van der Waals surface area contributed by atoms with Crippen molar-refractivity contribution in [3.05, 3.63) is 35.7 Å². The van der Waals surface area contributed by atoms with Crippen LogP contribution in [0.4, 0.5) is 11.7 Å². The Morgan fingerprint density at radius 2 is 2.16 bits per heavy atom. The van der Waals surface area contributed by atoms with Crippen LogP contribution in [0, 0.1) is 0 Å². The molecule has 0 saturated heterocycles. The fourth-order valence-electron chi connectivity index (χ4n) is 2.37. The highest BCUT2D eigenvalue weighted by atomic mass is 16.4. The van der Waals surface area contributed by atoms with Crippen LogP contribution in [0.15, 0.2) is 28.7 Å². The molecule has 2 aromatic rings. The van der Waals surface area contributed by atoms with Crippen molar-refractivity contribution in [3.63, 3.8) is 0 Å². The van der Waals surface area contributed by atoms with Gasteiger partial charge in [0.15, 0.2) is 0 Å². The minimum Gasteiger partial charge on any atom is -0.406 e. The molecule has 0 saturated carbocycles. The van der Waals surface area contributed by atoms with Gasteiger partial charge in [0.1, 0.15) is 0 Å². The van der Waals surface area contributed by atoms with Crippen LogP contribution in [0.1, 0.15) is 30.8 Å². The van der Waals surface area contributed by atoms with Gasteiger partial charge in [-0.2, -0.15) is 0 Å². The molecule has 5 nitrogen and oxygen atoms in total. The molecule has 1 aliphatic rings. The van der Waals surface area contributed by atoms with E-state index in [1.165, 1.54) is 11.3 Å². The number of nitrogens with one attached hydrogen (secondary N) is 1. The second-order valence-corrected chi connectivity index (χ2v) is 4.82. The van der Waals surface area contributed by atoms with E-state index in [0.29, 0.717) is 11.9 Å². The summed E-state index contributed by atoms with van der Waals surface area (Å²) >= 11 is 0. The van der Waals surface area contributed by atoms with E-state index in [2.05, 4.69) is 38.6 Å². The molecule has 1 aromatic carbocycles. The van der Waals surface area contributed by atoms with Crippen molar-refractivity contribution < 1.29 is 4.42 Å². The van der Waals surface area contributed by atoms with Gasteiger partial charge in [-0.05, 0) is 38.4 Å². The fourth-order valence-corrected chi connectivity index (χ4v) is 2.37. The van der Waals surface area contributed by atoms with Gasteiger partial charge in [-0.1, -0.05) is 23.3 Å². The van der Waals surface area contributed by atoms with E-state index in [0.717, 1.165) is 19.4 Å². The number of hydrogen-bond donors (Lipinski definition) is 1. The minimum absolute atomic E-state index is 0.0706. The molecule has 0 fully saturated rings. The predicted octanol–water partition coefficient (Wildman–Crippen LogP) is 2.43. The van der Waals surface area contributed by atoms with Crippen LogP contribution in [0.25, 0.3) is 0 Å². The molecule has 0 amide bonds. The summed E-state index contributed by atoms with van der Waals surface area (Å²) in [5.74, 6) is 0.626. The van der Waals surface area contributed by atoms with E-state index in [9.17, 15) is 0 Å². The summed E-state index contributed by atoms with van der Waals surface area (Å²) in [6.07, 6.45) is 2.22. The van der Waals surface area contributed by atoms with Crippen molar-refractivity contribution in [3.8, 4) is 0 Å². The molecule has 5 heteroatoms. The maximum Gasteiger partial charge on any atom is 0.322 e. The molecule has 19 heavy (non-hydrogen) atoms. The standard InChI is InChI=1S/C14H18N4O/c1-10(15-2)13-16-17-14(19-13)18-9-5-7-11-6-3-4-8-12(11)18/h3-4,6,8,10,15H,5,7,9H2,1-2H3. The van der Waals surface area contributed by atoms with Crippen LogP contribution in [0.2, 0.25) is 0 Å². The molecular weight excluding hydrogens is 240 g/mol. The van der Waals surface area contributed by atoms with E-state index >= 15 is 0 Å². The number of benzene rings is 1. The summed E-state index contributed by atoms with van der Waals surface area (Å²) in [6, 6.07) is 9.05. The van der Waals surface area contributed by atoms with Crippen LogP contribution >= 0.6 is 0 Å². The van der Waals surface area contributed by atoms with E-state index in [1.807, 2.05) is 20.0 Å². The number of aromatic nitrogens is 2. The highest BCUT2D eigenvalue weighted by molar-refractivity contribution is 5.62. The second kappa shape index (κ2) is 5.01. The Kier molecular flexibility index (Phi) is 3.21. The molecule has 1 N–H and O–H groups in total. The molecule has 1 unspecified atom stereocenters. The zero-order valence-electron chi connectivity index (χ0n) is 11.3. The summed E-state index contributed by atoms with van der Waals surface area (Å²) in [5.41, 5.74) is 2.52. The minimum atomic E-state index is 0.0706. The third kappa shape index (κ3) is 2.21. The zero-order valence-corrected chi connectivity index (χ0v) is 11.3. The summed E-state index contributed by atoms with van der Waals surface area (Å²) in [6.45, 7) is 2.92. The van der Waals surface area contributed by atoms with Gasteiger partial charge >= 0.3 is 6.01 Å². The average molecular weight is 258 g/mol. The zero-order chi connectivity index (χ0) is 13.2. The van der Waals surface area contributed by atoms with Gasteiger partial charge in [0.05, 0.1) is 6.04 Å². The Bertz CT molecular complexity index is 566. The Hall–Kier alpha value is -1.88. The number of rotatable bonds is 3. The van der Waals surface area contributed by atoms with Gasteiger partial charge < -0.3 is 9.73 Å². The quantitative estimate of drug-likeness (QED) is 0.916. The first-order chi connectivity index (χ1) is 9.29. The smallest absolute Gasteiger partial charge is 0.322 e. The Morgan fingerprint density at radius 1 is 1.32 bits per heavy atom. The van der Waals surface area contributed by atoms with Gasteiger partial charge in [-0.3, -0.25) is 4.90 Å². The Balaban J connectivity index is 1.93. The highest BCUT2D eigenvalue weighted by Gasteiger charge is 2.23. The molecule has 0 bridgehead atoms. The summed E-state index contributed by atoms with van der Waals surface area (Å²) in [7, 11) is 1.88. The van der Waals surface area contributed by atoms with E-state index in [4.69, 9.17) is 4.42 Å². The van der Waals surface area contributed by atoms with Gasteiger partial charge in [0.2, 0.25) is 5.89 Å². The molecule has 0 radical (unpaired) electrons. The maximum absolute atomic E-state index is 5.77. The number of nitrogens with zero attached hydrogens (tertiary/aromatic N) is 3. The van der Waals surface area contributed by atoms with Crippen LogP contribution in [-0.4, -0.2) is 23.8 Å². The third-order valence-electron chi connectivity index (χ3n) is 3.57. The first-order valence-corrected chi connectivity index (χ1v) is 6.65. The normalized spacial score (nSPS) is 16.2. The summed E-state index contributed by atoms with van der Waals surface area (Å²) < 4.78 is 5.77. The molecule has 3 rings (SSSR count). The molecule has 2 heterocycles. The summed E-state index contributed by atoms with van der Waals surface area (Å²) in [5, 5.41) is 11.4. The monoisotopic (exact) mass is 258 g/mol. The molecule has 100 valence electrons. The van der Waals surface area contributed by atoms with Crippen LogP contribution in [0.5, 0.6) is 0 Å². The van der Waals surface area contributed by atoms with Crippen LogP contribution in [-0.2, 0) is 6.42 Å². The van der Waals surface area contributed by atoms with Crippen molar-refractivity contribution in [2.75, 3.05) is 18.5 Å². The topological polar surface area (TPSA) is 54.2 Å². The third-order valence-corrected chi connectivity index (χ3v) is 3.57. The summed E-state index contributed by atoms with van der Waals surface area (Å²) in [4.78, 5) is 2.11. The molecule has 1 atom stereocenters. The van der Waals surface area contributed by atoms with Gasteiger partial charge in [-0.15, -0.1) is 5.10 Å². The van der Waals surface area contributed by atoms with Crippen LogP contribution < -0.4 is 10.2 Å². The number of fused-ring (bicyclic) bond motifs is 1. The lowest BCUT2D eigenvalue weighted by molar-refractivity contribution is 0.433. The lowest BCUT2D eigenvalue weighted by atomic mass is 10.0. The molecule has 1 aliphatic heterocycles.